The number of rotatable bonds is 12. The van der Waals surface area contributed by atoms with Crippen molar-refractivity contribution in [2.75, 3.05) is 54.4 Å². The monoisotopic (exact) mass is 368 g/mol. The molecule has 0 aromatic heterocycles. The topological polar surface area (TPSA) is 105 Å². The predicted molar refractivity (Wildman–Crippen MR) is 98.2 cm³/mol. The first kappa shape index (κ1) is 28.2. The van der Waals surface area contributed by atoms with Crippen molar-refractivity contribution >= 4 is 15.3 Å². The SMILES string of the molecule is C=C(C)C(=O)CCC[SiH2]C(O)COC.COCCO.COCCO. The summed E-state index contributed by atoms with van der Waals surface area (Å²) in [5.74, 6) is 0.139. The maximum absolute atomic E-state index is 11.1. The third-order valence-corrected chi connectivity index (χ3v) is 4.43. The second kappa shape index (κ2) is 24.6. The number of carbonyl (C=O) groups is 1. The largest absolute Gasteiger partial charge is 0.395 e. The lowest BCUT2D eigenvalue weighted by atomic mass is 10.1. The van der Waals surface area contributed by atoms with Crippen LogP contribution in [0.5, 0.6) is 0 Å². The van der Waals surface area contributed by atoms with Gasteiger partial charge in [0.25, 0.3) is 0 Å². The number of aliphatic hydroxyl groups is 3. The molecule has 1 atom stereocenters. The van der Waals surface area contributed by atoms with Gasteiger partial charge >= 0.3 is 0 Å². The molecule has 8 heteroatoms. The van der Waals surface area contributed by atoms with E-state index < -0.39 is 9.52 Å². The zero-order valence-electron chi connectivity index (χ0n) is 15.6. The molecule has 0 aliphatic heterocycles. The van der Waals surface area contributed by atoms with Crippen LogP contribution in [0.3, 0.4) is 0 Å². The molecule has 0 fully saturated rings. The van der Waals surface area contributed by atoms with Crippen LogP contribution in [0.2, 0.25) is 6.04 Å². The van der Waals surface area contributed by atoms with Gasteiger partial charge in [-0.05, 0) is 18.9 Å². The van der Waals surface area contributed by atoms with Crippen LogP contribution in [-0.2, 0) is 19.0 Å². The van der Waals surface area contributed by atoms with E-state index in [1.54, 1.807) is 28.3 Å². The first-order chi connectivity index (χ1) is 11.4. The highest BCUT2D eigenvalue weighted by molar-refractivity contribution is 6.37. The van der Waals surface area contributed by atoms with Crippen LogP contribution in [0, 0.1) is 0 Å². The average molecular weight is 369 g/mol. The second-order valence-electron chi connectivity index (χ2n) is 4.99. The summed E-state index contributed by atoms with van der Waals surface area (Å²) in [4.78, 5) is 11.1. The van der Waals surface area contributed by atoms with Gasteiger partial charge in [-0.15, -0.1) is 0 Å². The highest BCUT2D eigenvalue weighted by atomic mass is 28.2. The molecule has 0 radical (unpaired) electrons. The minimum absolute atomic E-state index is 0.122. The summed E-state index contributed by atoms with van der Waals surface area (Å²) < 4.78 is 13.7. The highest BCUT2D eigenvalue weighted by Crippen LogP contribution is 2.03. The van der Waals surface area contributed by atoms with Gasteiger partial charge < -0.3 is 29.5 Å². The quantitative estimate of drug-likeness (QED) is 0.247. The molecule has 0 aromatic carbocycles. The van der Waals surface area contributed by atoms with Gasteiger partial charge in [0.05, 0.1) is 48.3 Å². The van der Waals surface area contributed by atoms with Crippen molar-refractivity contribution < 1.29 is 34.3 Å². The second-order valence-corrected chi connectivity index (χ2v) is 7.22. The van der Waals surface area contributed by atoms with Crippen LogP contribution in [0.25, 0.3) is 0 Å². The number of methoxy groups -OCH3 is 3. The van der Waals surface area contributed by atoms with E-state index >= 15 is 0 Å². The molecule has 0 heterocycles. The Labute approximate surface area is 148 Å². The molecule has 0 saturated heterocycles. The minimum Gasteiger partial charge on any atom is -0.395 e. The Balaban J connectivity index is -0.000000361. The molecule has 0 aliphatic carbocycles. The smallest absolute Gasteiger partial charge is 0.157 e. The number of hydrogen-bond donors (Lipinski definition) is 3. The number of aliphatic hydroxyl groups excluding tert-OH is 3. The van der Waals surface area contributed by atoms with Gasteiger partial charge in [-0.3, -0.25) is 4.79 Å². The molecule has 7 nitrogen and oxygen atoms in total. The lowest BCUT2D eigenvalue weighted by molar-refractivity contribution is -0.115. The summed E-state index contributed by atoms with van der Waals surface area (Å²) in [6, 6.07) is 0.990. The molecule has 0 spiro atoms. The predicted octanol–water partition coefficient (Wildman–Crippen LogP) is -0.286. The summed E-state index contributed by atoms with van der Waals surface area (Å²) >= 11 is 0. The Morgan fingerprint density at radius 1 is 1.08 bits per heavy atom. The van der Waals surface area contributed by atoms with Crippen LogP contribution in [0.4, 0.5) is 0 Å². The Morgan fingerprint density at radius 3 is 1.88 bits per heavy atom. The number of allylic oxidation sites excluding steroid dienone is 1. The summed E-state index contributed by atoms with van der Waals surface area (Å²) in [5.41, 5.74) is 0.365. The van der Waals surface area contributed by atoms with Crippen molar-refractivity contribution in [3.63, 3.8) is 0 Å². The molecule has 3 N–H and O–H groups in total. The van der Waals surface area contributed by atoms with E-state index in [-0.39, 0.29) is 24.7 Å². The van der Waals surface area contributed by atoms with Gasteiger partial charge in [0.1, 0.15) is 0 Å². The summed E-state index contributed by atoms with van der Waals surface area (Å²) in [6.45, 7) is 6.89. The fourth-order valence-corrected chi connectivity index (χ4v) is 2.75. The number of hydrogen-bond acceptors (Lipinski definition) is 7. The van der Waals surface area contributed by atoms with E-state index in [0.717, 1.165) is 12.5 Å². The molecule has 146 valence electrons. The highest BCUT2D eigenvalue weighted by Gasteiger charge is 2.05. The molecule has 1 unspecified atom stereocenters. The van der Waals surface area contributed by atoms with Gasteiger partial charge in [-0.25, -0.2) is 0 Å². The van der Waals surface area contributed by atoms with Crippen molar-refractivity contribution in [3.8, 4) is 0 Å². The first-order valence-corrected chi connectivity index (χ1v) is 9.78. The zero-order chi connectivity index (χ0) is 19.2. The van der Waals surface area contributed by atoms with Crippen LogP contribution >= 0.6 is 0 Å². The maximum Gasteiger partial charge on any atom is 0.157 e. The third-order valence-electron chi connectivity index (χ3n) is 2.62. The average Bonchev–Trinajstić information content (AvgIpc) is 2.54. The molecule has 0 saturated carbocycles. The summed E-state index contributed by atoms with van der Waals surface area (Å²) in [5, 5.41) is 25.2. The molecular formula is C16H36O7Si. The molecule has 24 heavy (non-hydrogen) atoms. The standard InChI is InChI=1S/C10H20O3Si.2C3H8O2/c1-8(2)9(11)5-4-6-14-10(12)7-13-3;2*1-5-3-2-4/h10,12H,1,4-7,14H2,2-3H3;2*4H,2-3H2,1H3. The lowest BCUT2D eigenvalue weighted by Gasteiger charge is -2.07. The minimum atomic E-state index is -0.494. The van der Waals surface area contributed by atoms with Gasteiger partial charge in [0, 0.05) is 27.8 Å². The van der Waals surface area contributed by atoms with Gasteiger partial charge in [0.2, 0.25) is 0 Å². The number of Topliss-reactive ketones (excluding diaryl/α,β-unsaturated/α-hetero) is 1. The Kier molecular flexibility index (Phi) is 28.9. The first-order valence-electron chi connectivity index (χ1n) is 7.96. The fourth-order valence-electron chi connectivity index (χ4n) is 1.34. The molecule has 0 aliphatic rings. The van der Waals surface area contributed by atoms with Crippen LogP contribution in [-0.4, -0.2) is 90.7 Å². The number of carbonyl (C=O) groups excluding carboxylic acids is 1. The normalized spacial score (nSPS) is 11.3. The number of ketones is 1. The van der Waals surface area contributed by atoms with Gasteiger partial charge in [0.15, 0.2) is 5.78 Å². The van der Waals surface area contributed by atoms with Gasteiger partial charge in [-0.1, -0.05) is 12.6 Å². The van der Waals surface area contributed by atoms with Crippen molar-refractivity contribution in [2.24, 2.45) is 0 Å². The fraction of sp³-hybridized carbons (Fsp3) is 0.812. The Morgan fingerprint density at radius 2 is 1.58 bits per heavy atom. The van der Waals surface area contributed by atoms with Crippen LogP contribution in [0.15, 0.2) is 12.2 Å². The summed E-state index contributed by atoms with van der Waals surface area (Å²) in [7, 11) is 4.19. The molecule has 0 amide bonds. The van der Waals surface area contributed by atoms with E-state index in [1.807, 2.05) is 0 Å². The molecule has 0 bridgehead atoms. The van der Waals surface area contributed by atoms with E-state index in [4.69, 9.17) is 14.9 Å². The lowest BCUT2D eigenvalue weighted by Crippen LogP contribution is -2.21. The van der Waals surface area contributed by atoms with Crippen molar-refractivity contribution in [3.05, 3.63) is 12.2 Å². The molecule has 0 aromatic rings. The van der Waals surface area contributed by atoms with E-state index in [9.17, 15) is 9.90 Å². The van der Waals surface area contributed by atoms with Crippen molar-refractivity contribution in [2.45, 2.75) is 31.5 Å². The van der Waals surface area contributed by atoms with E-state index in [1.165, 1.54) is 0 Å². The van der Waals surface area contributed by atoms with Crippen molar-refractivity contribution in [1.29, 1.82) is 0 Å². The van der Waals surface area contributed by atoms with Crippen LogP contribution in [0.1, 0.15) is 19.8 Å². The van der Waals surface area contributed by atoms with Crippen LogP contribution < -0.4 is 0 Å². The van der Waals surface area contributed by atoms with E-state index in [2.05, 4.69) is 16.1 Å². The maximum atomic E-state index is 11.1. The Hall–Kier alpha value is -0.613. The molecular weight excluding hydrogens is 332 g/mol. The van der Waals surface area contributed by atoms with Gasteiger partial charge in [-0.2, -0.15) is 0 Å². The summed E-state index contributed by atoms with van der Waals surface area (Å²) in [6.07, 6.45) is 1.45. The third kappa shape index (κ3) is 29.4. The van der Waals surface area contributed by atoms with Crippen molar-refractivity contribution in [1.82, 2.24) is 0 Å². The van der Waals surface area contributed by atoms with E-state index in [0.29, 0.717) is 31.8 Å². The number of ether oxygens (including phenoxy) is 3. The zero-order valence-corrected chi connectivity index (χ0v) is 17.0. The Bertz CT molecular complexity index is 265. The molecule has 0 rings (SSSR count).